The molecule has 3 aromatic rings. The summed E-state index contributed by atoms with van der Waals surface area (Å²) in [4.78, 5) is 15.8. The lowest BCUT2D eigenvalue weighted by atomic mass is 10.3. The minimum atomic E-state index is -0.319. The number of amides is 1. The molecular formula is C15H11N3O3. The summed E-state index contributed by atoms with van der Waals surface area (Å²) >= 11 is 0. The standard InChI is InChI=1S/C15H11N3O3/c19-15(7-6-11-4-1-2-8-16-11)17-14-10-13(21-18-14)12-5-3-9-20-12/h1-10H,(H,17,18,19)/b7-6-. The van der Waals surface area contributed by atoms with Crippen molar-refractivity contribution in [3.8, 4) is 11.5 Å². The van der Waals surface area contributed by atoms with E-state index in [1.165, 1.54) is 12.3 Å². The molecular weight excluding hydrogens is 270 g/mol. The molecule has 1 amide bonds. The Balaban J connectivity index is 1.64. The number of nitrogens with one attached hydrogen (secondary N) is 1. The summed E-state index contributed by atoms with van der Waals surface area (Å²) in [5.41, 5.74) is 0.698. The first-order valence-corrected chi connectivity index (χ1v) is 6.22. The Bertz CT molecular complexity index is 746. The van der Waals surface area contributed by atoms with Crippen LogP contribution < -0.4 is 5.32 Å². The van der Waals surface area contributed by atoms with Gasteiger partial charge in [0.2, 0.25) is 11.7 Å². The average molecular weight is 281 g/mol. The maximum Gasteiger partial charge on any atom is 0.249 e. The molecule has 6 nitrogen and oxygen atoms in total. The molecule has 0 unspecified atom stereocenters. The number of carbonyl (C=O) groups is 1. The number of carbonyl (C=O) groups excluding carboxylic acids is 1. The molecule has 0 aromatic carbocycles. The second kappa shape index (κ2) is 5.87. The maximum absolute atomic E-state index is 11.8. The molecule has 0 aliphatic carbocycles. The molecule has 3 heterocycles. The van der Waals surface area contributed by atoms with Gasteiger partial charge >= 0.3 is 0 Å². The normalized spacial score (nSPS) is 10.9. The number of nitrogens with zero attached hydrogens (tertiary/aromatic N) is 2. The molecule has 0 saturated carbocycles. The lowest BCUT2D eigenvalue weighted by Crippen LogP contribution is -2.07. The van der Waals surface area contributed by atoms with Crippen molar-refractivity contribution in [2.45, 2.75) is 0 Å². The van der Waals surface area contributed by atoms with Crippen LogP contribution in [0.3, 0.4) is 0 Å². The number of aromatic nitrogens is 2. The number of hydrogen-bond donors (Lipinski definition) is 1. The van der Waals surface area contributed by atoms with Crippen molar-refractivity contribution in [2.75, 3.05) is 5.32 Å². The van der Waals surface area contributed by atoms with E-state index in [0.29, 0.717) is 23.0 Å². The molecule has 3 aromatic heterocycles. The Hall–Kier alpha value is -3.15. The highest BCUT2D eigenvalue weighted by molar-refractivity contribution is 6.01. The lowest BCUT2D eigenvalue weighted by Gasteiger charge is -1.94. The van der Waals surface area contributed by atoms with Crippen LogP contribution in [0.25, 0.3) is 17.6 Å². The summed E-state index contributed by atoms with van der Waals surface area (Å²) in [7, 11) is 0. The fraction of sp³-hybridized carbons (Fsp3) is 0. The Kier molecular flexibility index (Phi) is 3.60. The van der Waals surface area contributed by atoms with Gasteiger partial charge in [0, 0.05) is 18.3 Å². The van der Waals surface area contributed by atoms with Crippen LogP contribution in [0.5, 0.6) is 0 Å². The van der Waals surface area contributed by atoms with Gasteiger partial charge in [0.15, 0.2) is 11.6 Å². The van der Waals surface area contributed by atoms with Crippen LogP contribution in [-0.4, -0.2) is 16.0 Å². The highest BCUT2D eigenvalue weighted by Gasteiger charge is 2.09. The highest BCUT2D eigenvalue weighted by atomic mass is 16.5. The molecule has 0 saturated heterocycles. The number of pyridine rings is 1. The van der Waals surface area contributed by atoms with Crippen molar-refractivity contribution in [3.05, 3.63) is 60.6 Å². The predicted octanol–water partition coefficient (Wildman–Crippen LogP) is 2.98. The first kappa shape index (κ1) is 12.9. The minimum absolute atomic E-state index is 0.317. The van der Waals surface area contributed by atoms with Gasteiger partial charge in [-0.1, -0.05) is 11.2 Å². The fourth-order valence-corrected chi connectivity index (χ4v) is 1.67. The zero-order chi connectivity index (χ0) is 14.5. The van der Waals surface area contributed by atoms with E-state index in [1.54, 1.807) is 36.5 Å². The number of hydrogen-bond acceptors (Lipinski definition) is 5. The Labute approximate surface area is 120 Å². The zero-order valence-electron chi connectivity index (χ0n) is 10.9. The first-order valence-electron chi connectivity index (χ1n) is 6.22. The first-order chi connectivity index (χ1) is 10.3. The van der Waals surface area contributed by atoms with Crippen molar-refractivity contribution in [3.63, 3.8) is 0 Å². The van der Waals surface area contributed by atoms with Crippen LogP contribution in [0.4, 0.5) is 5.82 Å². The summed E-state index contributed by atoms with van der Waals surface area (Å²) in [6.07, 6.45) is 6.18. The molecule has 3 rings (SSSR count). The largest absolute Gasteiger partial charge is 0.461 e. The quantitative estimate of drug-likeness (QED) is 0.743. The molecule has 104 valence electrons. The summed E-state index contributed by atoms with van der Waals surface area (Å²) in [5.74, 6) is 0.994. The van der Waals surface area contributed by atoms with Gasteiger partial charge in [0.25, 0.3) is 0 Å². The molecule has 0 aliphatic heterocycles. The molecule has 0 atom stereocenters. The van der Waals surface area contributed by atoms with Gasteiger partial charge in [-0.15, -0.1) is 0 Å². The van der Waals surface area contributed by atoms with E-state index in [-0.39, 0.29) is 5.91 Å². The molecule has 0 bridgehead atoms. The molecule has 21 heavy (non-hydrogen) atoms. The number of rotatable bonds is 4. The summed E-state index contributed by atoms with van der Waals surface area (Å²) in [6.45, 7) is 0. The van der Waals surface area contributed by atoms with E-state index >= 15 is 0 Å². The van der Waals surface area contributed by atoms with Gasteiger partial charge < -0.3 is 14.3 Å². The Morgan fingerprint density at radius 3 is 2.90 bits per heavy atom. The van der Waals surface area contributed by atoms with Gasteiger partial charge in [-0.05, 0) is 30.3 Å². The monoisotopic (exact) mass is 281 g/mol. The summed E-state index contributed by atoms with van der Waals surface area (Å²) in [6, 6.07) is 10.5. The maximum atomic E-state index is 11.8. The third kappa shape index (κ3) is 3.24. The predicted molar refractivity (Wildman–Crippen MR) is 76.1 cm³/mol. The fourth-order valence-electron chi connectivity index (χ4n) is 1.67. The molecule has 1 N–H and O–H groups in total. The second-order valence-corrected chi connectivity index (χ2v) is 4.13. The molecule has 0 radical (unpaired) electrons. The van der Waals surface area contributed by atoms with Crippen LogP contribution in [-0.2, 0) is 4.79 Å². The van der Waals surface area contributed by atoms with Crippen LogP contribution in [0.2, 0.25) is 0 Å². The van der Waals surface area contributed by atoms with Crippen molar-refractivity contribution in [2.24, 2.45) is 0 Å². The van der Waals surface area contributed by atoms with Crippen molar-refractivity contribution >= 4 is 17.8 Å². The average Bonchev–Trinajstić information content (AvgIpc) is 3.17. The van der Waals surface area contributed by atoms with Crippen molar-refractivity contribution in [1.82, 2.24) is 10.1 Å². The summed E-state index contributed by atoms with van der Waals surface area (Å²) < 4.78 is 10.3. The van der Waals surface area contributed by atoms with Gasteiger partial charge in [0.1, 0.15) is 0 Å². The minimum Gasteiger partial charge on any atom is -0.461 e. The van der Waals surface area contributed by atoms with E-state index < -0.39 is 0 Å². The van der Waals surface area contributed by atoms with E-state index in [9.17, 15) is 4.79 Å². The van der Waals surface area contributed by atoms with E-state index in [4.69, 9.17) is 8.94 Å². The van der Waals surface area contributed by atoms with Crippen molar-refractivity contribution < 1.29 is 13.7 Å². The second-order valence-electron chi connectivity index (χ2n) is 4.13. The van der Waals surface area contributed by atoms with Crippen molar-refractivity contribution in [1.29, 1.82) is 0 Å². The number of anilines is 1. The van der Waals surface area contributed by atoms with E-state index in [0.717, 1.165) is 0 Å². The van der Waals surface area contributed by atoms with Crippen LogP contribution in [0.15, 0.2) is 63.9 Å². The van der Waals surface area contributed by atoms with Crippen LogP contribution in [0.1, 0.15) is 5.69 Å². The van der Waals surface area contributed by atoms with Gasteiger partial charge in [-0.2, -0.15) is 0 Å². The highest BCUT2D eigenvalue weighted by Crippen LogP contribution is 2.22. The molecule has 6 heteroatoms. The lowest BCUT2D eigenvalue weighted by molar-refractivity contribution is -0.111. The SMILES string of the molecule is O=C(/C=C\c1ccccn1)Nc1cc(-c2ccco2)on1. The van der Waals surface area contributed by atoms with Crippen LogP contribution >= 0.6 is 0 Å². The third-order valence-corrected chi connectivity index (χ3v) is 2.62. The zero-order valence-corrected chi connectivity index (χ0v) is 10.9. The smallest absolute Gasteiger partial charge is 0.249 e. The summed E-state index contributed by atoms with van der Waals surface area (Å²) in [5, 5.41) is 6.35. The van der Waals surface area contributed by atoms with E-state index in [2.05, 4.69) is 15.5 Å². The van der Waals surface area contributed by atoms with Crippen LogP contribution in [0, 0.1) is 0 Å². The molecule has 0 aliphatic rings. The molecule has 0 spiro atoms. The number of furan rings is 1. The topological polar surface area (TPSA) is 81.2 Å². The molecule has 0 fully saturated rings. The van der Waals surface area contributed by atoms with Gasteiger partial charge in [0.05, 0.1) is 12.0 Å². The Morgan fingerprint density at radius 2 is 2.14 bits per heavy atom. The van der Waals surface area contributed by atoms with Gasteiger partial charge in [-0.3, -0.25) is 9.78 Å². The Morgan fingerprint density at radius 1 is 1.19 bits per heavy atom. The van der Waals surface area contributed by atoms with Gasteiger partial charge in [-0.25, -0.2) is 0 Å². The third-order valence-electron chi connectivity index (χ3n) is 2.62. The van der Waals surface area contributed by atoms with E-state index in [1.807, 2.05) is 12.1 Å².